The van der Waals surface area contributed by atoms with E-state index in [1.807, 2.05) is 12.1 Å². The number of furan rings is 1. The first-order valence-electron chi connectivity index (χ1n) is 6.00. The highest BCUT2D eigenvalue weighted by Crippen LogP contribution is 2.23. The van der Waals surface area contributed by atoms with Crippen LogP contribution in [0.25, 0.3) is 11.6 Å². The van der Waals surface area contributed by atoms with Gasteiger partial charge in [0.2, 0.25) is 0 Å². The van der Waals surface area contributed by atoms with E-state index in [9.17, 15) is 0 Å². The molecule has 4 heteroatoms. The van der Waals surface area contributed by atoms with E-state index in [0.29, 0.717) is 0 Å². The van der Waals surface area contributed by atoms with Gasteiger partial charge in [-0.25, -0.2) is 4.98 Å². The molecule has 1 aliphatic rings. The average molecular weight is 246 g/mol. The van der Waals surface area contributed by atoms with Crippen LogP contribution in [-0.2, 0) is 12.8 Å². The number of rotatable bonds is 1. The van der Waals surface area contributed by atoms with Gasteiger partial charge in [0.05, 0.1) is 6.26 Å². The van der Waals surface area contributed by atoms with Gasteiger partial charge in [0.25, 0.3) is 0 Å². The minimum absolute atomic E-state index is 0.729. The number of hydrogen-bond donors (Lipinski definition) is 1. The van der Waals surface area contributed by atoms with Crippen molar-refractivity contribution in [3.63, 3.8) is 0 Å². The molecule has 2 aromatic heterocycles. The average Bonchev–Trinajstić information content (AvgIpc) is 2.75. The van der Waals surface area contributed by atoms with Crippen LogP contribution in [0.15, 0.2) is 22.8 Å². The summed E-state index contributed by atoms with van der Waals surface area (Å²) in [5.74, 6) is 1.50. The molecule has 1 N–H and O–H groups in total. The van der Waals surface area contributed by atoms with Crippen molar-refractivity contribution in [2.75, 3.05) is 0 Å². The number of aromatic amines is 1. The standard InChI is InChI=1S/C13H14N2OS/c17-13-9-5-2-1-3-6-10(9)14-12(15-13)11-7-4-8-16-11/h4,7-8H,1-3,5-6H2,(H,14,15,17). The molecule has 0 unspecified atom stereocenters. The van der Waals surface area contributed by atoms with E-state index in [2.05, 4.69) is 9.97 Å². The van der Waals surface area contributed by atoms with Crippen molar-refractivity contribution in [1.29, 1.82) is 0 Å². The Morgan fingerprint density at radius 1 is 1.24 bits per heavy atom. The zero-order chi connectivity index (χ0) is 11.7. The monoisotopic (exact) mass is 246 g/mol. The fourth-order valence-electron chi connectivity index (χ4n) is 2.33. The fourth-order valence-corrected chi connectivity index (χ4v) is 2.64. The summed E-state index contributed by atoms with van der Waals surface area (Å²) in [5.41, 5.74) is 2.47. The number of H-pyrrole nitrogens is 1. The van der Waals surface area contributed by atoms with Gasteiger partial charge >= 0.3 is 0 Å². The molecule has 2 aromatic rings. The third-order valence-electron chi connectivity index (χ3n) is 3.21. The summed E-state index contributed by atoms with van der Waals surface area (Å²) in [7, 11) is 0. The first-order valence-corrected chi connectivity index (χ1v) is 6.41. The molecule has 0 fully saturated rings. The second-order valence-electron chi connectivity index (χ2n) is 4.39. The SMILES string of the molecule is S=c1nc(-c2ccco2)[nH]c2c1CCCCC2. The highest BCUT2D eigenvalue weighted by molar-refractivity contribution is 7.71. The summed E-state index contributed by atoms with van der Waals surface area (Å²) in [6.07, 6.45) is 7.48. The van der Waals surface area contributed by atoms with E-state index in [1.54, 1.807) is 6.26 Å². The van der Waals surface area contributed by atoms with Gasteiger partial charge < -0.3 is 9.40 Å². The molecule has 0 saturated carbocycles. The molecule has 0 atom stereocenters. The predicted octanol–water partition coefficient (Wildman–Crippen LogP) is 3.67. The van der Waals surface area contributed by atoms with E-state index in [0.717, 1.165) is 29.1 Å². The smallest absolute Gasteiger partial charge is 0.175 e. The summed E-state index contributed by atoms with van der Waals surface area (Å²) in [6.45, 7) is 0. The van der Waals surface area contributed by atoms with Crippen molar-refractivity contribution in [2.24, 2.45) is 0 Å². The molecular formula is C13H14N2OS. The van der Waals surface area contributed by atoms with E-state index < -0.39 is 0 Å². The van der Waals surface area contributed by atoms with Crippen LogP contribution in [0.5, 0.6) is 0 Å². The zero-order valence-corrected chi connectivity index (χ0v) is 10.3. The zero-order valence-electron chi connectivity index (χ0n) is 9.53. The second-order valence-corrected chi connectivity index (χ2v) is 4.77. The number of aryl methyl sites for hydroxylation is 1. The molecule has 3 rings (SSSR count). The number of nitrogens with one attached hydrogen (secondary N) is 1. The maximum Gasteiger partial charge on any atom is 0.175 e. The quantitative estimate of drug-likeness (QED) is 0.616. The number of hydrogen-bond acceptors (Lipinski definition) is 3. The first-order chi connectivity index (χ1) is 8.34. The number of fused-ring (bicyclic) bond motifs is 1. The molecule has 0 aliphatic heterocycles. The lowest BCUT2D eigenvalue weighted by Crippen LogP contribution is -2.01. The number of nitrogens with zero attached hydrogens (tertiary/aromatic N) is 1. The number of aromatic nitrogens is 2. The van der Waals surface area contributed by atoms with Gasteiger partial charge in [0.15, 0.2) is 11.6 Å². The first kappa shape index (κ1) is 10.7. The maximum absolute atomic E-state index is 5.39. The Kier molecular flexibility index (Phi) is 2.81. The van der Waals surface area contributed by atoms with Crippen LogP contribution in [0, 0.1) is 4.64 Å². The molecule has 0 spiro atoms. The largest absolute Gasteiger partial charge is 0.461 e. The molecule has 0 aromatic carbocycles. The van der Waals surface area contributed by atoms with Crippen molar-refractivity contribution in [2.45, 2.75) is 32.1 Å². The normalized spacial score (nSPS) is 15.3. The summed E-state index contributed by atoms with van der Waals surface area (Å²) >= 11 is 5.39. The summed E-state index contributed by atoms with van der Waals surface area (Å²) in [6, 6.07) is 3.76. The summed E-state index contributed by atoms with van der Waals surface area (Å²) < 4.78 is 6.09. The highest BCUT2D eigenvalue weighted by Gasteiger charge is 2.13. The Balaban J connectivity index is 2.12. The Bertz CT molecular complexity index is 572. The highest BCUT2D eigenvalue weighted by atomic mass is 32.1. The molecular weight excluding hydrogens is 232 g/mol. The van der Waals surface area contributed by atoms with Crippen LogP contribution < -0.4 is 0 Å². The third kappa shape index (κ3) is 2.05. The summed E-state index contributed by atoms with van der Waals surface area (Å²) in [4.78, 5) is 7.81. The Labute approximate surface area is 105 Å². The molecule has 88 valence electrons. The van der Waals surface area contributed by atoms with Gasteiger partial charge in [0, 0.05) is 11.3 Å². The Morgan fingerprint density at radius 2 is 2.12 bits per heavy atom. The second kappa shape index (κ2) is 4.45. The third-order valence-corrected chi connectivity index (χ3v) is 3.55. The minimum Gasteiger partial charge on any atom is -0.461 e. The Hall–Kier alpha value is -1.42. The van der Waals surface area contributed by atoms with Crippen LogP contribution in [-0.4, -0.2) is 9.97 Å². The van der Waals surface area contributed by atoms with Crippen LogP contribution >= 0.6 is 12.2 Å². The van der Waals surface area contributed by atoms with Gasteiger partial charge in [-0.1, -0.05) is 18.6 Å². The summed E-state index contributed by atoms with van der Waals surface area (Å²) in [5, 5.41) is 0. The van der Waals surface area contributed by atoms with Crippen molar-refractivity contribution in [3.05, 3.63) is 34.3 Å². The fraction of sp³-hybridized carbons (Fsp3) is 0.385. The van der Waals surface area contributed by atoms with Crippen LogP contribution in [0.4, 0.5) is 0 Å². The molecule has 0 saturated heterocycles. The van der Waals surface area contributed by atoms with Crippen molar-refractivity contribution in [1.82, 2.24) is 9.97 Å². The minimum atomic E-state index is 0.729. The molecule has 0 amide bonds. The van der Waals surface area contributed by atoms with Gasteiger partial charge in [-0.15, -0.1) is 0 Å². The topological polar surface area (TPSA) is 41.8 Å². The van der Waals surface area contributed by atoms with Gasteiger partial charge in [-0.3, -0.25) is 0 Å². The molecule has 2 heterocycles. The van der Waals surface area contributed by atoms with Crippen LogP contribution in [0.1, 0.15) is 30.5 Å². The van der Waals surface area contributed by atoms with E-state index >= 15 is 0 Å². The van der Waals surface area contributed by atoms with E-state index in [-0.39, 0.29) is 0 Å². The molecule has 0 bridgehead atoms. The van der Waals surface area contributed by atoms with Crippen LogP contribution in [0.3, 0.4) is 0 Å². The lowest BCUT2D eigenvalue weighted by Gasteiger charge is -2.07. The molecule has 0 radical (unpaired) electrons. The molecule has 3 nitrogen and oxygen atoms in total. The van der Waals surface area contributed by atoms with Crippen molar-refractivity contribution < 1.29 is 4.42 Å². The van der Waals surface area contributed by atoms with E-state index in [4.69, 9.17) is 16.6 Å². The van der Waals surface area contributed by atoms with Gasteiger partial charge in [0.1, 0.15) is 4.64 Å². The van der Waals surface area contributed by atoms with Crippen molar-refractivity contribution >= 4 is 12.2 Å². The van der Waals surface area contributed by atoms with E-state index in [1.165, 1.54) is 30.5 Å². The molecule has 17 heavy (non-hydrogen) atoms. The van der Waals surface area contributed by atoms with Crippen LogP contribution in [0.2, 0.25) is 0 Å². The van der Waals surface area contributed by atoms with Gasteiger partial charge in [-0.2, -0.15) is 0 Å². The lowest BCUT2D eigenvalue weighted by atomic mass is 10.1. The molecule has 1 aliphatic carbocycles. The van der Waals surface area contributed by atoms with Gasteiger partial charge in [-0.05, 0) is 37.8 Å². The lowest BCUT2D eigenvalue weighted by molar-refractivity contribution is 0.576. The maximum atomic E-state index is 5.39. The predicted molar refractivity (Wildman–Crippen MR) is 68.4 cm³/mol. The van der Waals surface area contributed by atoms with Crippen molar-refractivity contribution in [3.8, 4) is 11.6 Å². The Morgan fingerprint density at radius 3 is 2.94 bits per heavy atom.